The summed E-state index contributed by atoms with van der Waals surface area (Å²) in [5.41, 5.74) is 12.4. The predicted molar refractivity (Wildman–Crippen MR) is 142 cm³/mol. The van der Waals surface area contributed by atoms with Crippen molar-refractivity contribution in [1.29, 1.82) is 0 Å². The molecule has 0 heterocycles. The maximum atomic E-state index is 6.04. The molecule has 1 aromatic rings. The minimum Gasteiger partial charge on any atom is -0.383 e. The van der Waals surface area contributed by atoms with Crippen LogP contribution in [0.3, 0.4) is 0 Å². The maximum absolute atomic E-state index is 6.04. The van der Waals surface area contributed by atoms with E-state index in [-0.39, 0.29) is 11.0 Å². The van der Waals surface area contributed by atoms with E-state index in [9.17, 15) is 0 Å². The van der Waals surface area contributed by atoms with E-state index in [1.54, 1.807) is 7.05 Å². The molecule has 174 valence electrons. The second-order valence-corrected chi connectivity index (χ2v) is 9.17. The van der Waals surface area contributed by atoms with Crippen LogP contribution in [0, 0.1) is 5.41 Å². The lowest BCUT2D eigenvalue weighted by Gasteiger charge is -2.16. The van der Waals surface area contributed by atoms with Gasteiger partial charge in [0.2, 0.25) is 0 Å². The highest BCUT2D eigenvalue weighted by atomic mass is 15.2. The number of aliphatic imine (C=N–C) groups is 2. The fourth-order valence-electron chi connectivity index (χ4n) is 4.43. The highest BCUT2D eigenvalue weighted by Crippen LogP contribution is 2.78. The van der Waals surface area contributed by atoms with Crippen LogP contribution in [-0.2, 0) is 0 Å². The standard InChI is InChI=1S/C28H37N5/c1-8-21(15-30-5)25(10-3)26(32-28-17-27(28,18-28)19-29)31-20(4)23-12-11-13-24(14-23)22(9-2)16-33(6)7/h8-16,32H,2-3,17-19,29H2,1,4-7H3/b21-8+,22-16+,26-25-,30-15-,31-20+. The fraction of sp³-hybridized carbons (Fsp3) is 0.357. The van der Waals surface area contributed by atoms with E-state index >= 15 is 0 Å². The van der Waals surface area contributed by atoms with Gasteiger partial charge in [0, 0.05) is 62.3 Å². The van der Waals surface area contributed by atoms with Crippen LogP contribution in [0.1, 0.15) is 37.8 Å². The molecule has 0 spiro atoms. The fourth-order valence-corrected chi connectivity index (χ4v) is 4.43. The number of nitrogens with two attached hydrogens (primary N) is 1. The van der Waals surface area contributed by atoms with Gasteiger partial charge in [-0.25, -0.2) is 4.99 Å². The Morgan fingerprint density at radius 2 is 1.91 bits per heavy atom. The Balaban J connectivity index is 2.04. The van der Waals surface area contributed by atoms with Gasteiger partial charge < -0.3 is 16.0 Å². The Hall–Kier alpha value is -3.18. The van der Waals surface area contributed by atoms with Gasteiger partial charge in [0.25, 0.3) is 0 Å². The number of rotatable bonds is 11. The largest absolute Gasteiger partial charge is 0.383 e. The Morgan fingerprint density at radius 3 is 2.42 bits per heavy atom. The van der Waals surface area contributed by atoms with Gasteiger partial charge in [0.15, 0.2) is 0 Å². The quantitative estimate of drug-likeness (QED) is 0.384. The molecular formula is C28H37N5. The topological polar surface area (TPSA) is 66.0 Å². The minimum atomic E-state index is 0.0731. The zero-order valence-corrected chi connectivity index (χ0v) is 20.7. The lowest BCUT2D eigenvalue weighted by molar-refractivity contribution is 0.566. The van der Waals surface area contributed by atoms with Gasteiger partial charge in [-0.3, -0.25) is 4.99 Å². The Bertz CT molecular complexity index is 1080. The normalized spacial score (nSPS) is 25.3. The third-order valence-electron chi connectivity index (χ3n) is 6.65. The van der Waals surface area contributed by atoms with Crippen LogP contribution in [-0.4, -0.2) is 50.1 Å². The number of fused-ring (bicyclic) bond motifs is 1. The van der Waals surface area contributed by atoms with Crippen molar-refractivity contribution in [3.8, 4) is 0 Å². The van der Waals surface area contributed by atoms with Gasteiger partial charge in [-0.1, -0.05) is 49.6 Å². The summed E-state index contributed by atoms with van der Waals surface area (Å²) in [6, 6.07) is 8.39. The minimum absolute atomic E-state index is 0.0731. The summed E-state index contributed by atoms with van der Waals surface area (Å²) in [7, 11) is 5.79. The van der Waals surface area contributed by atoms with E-state index in [4.69, 9.17) is 10.7 Å². The zero-order valence-electron chi connectivity index (χ0n) is 20.7. The molecule has 0 bridgehead atoms. The molecular weight excluding hydrogens is 406 g/mol. The molecule has 2 saturated carbocycles. The van der Waals surface area contributed by atoms with E-state index < -0.39 is 0 Å². The molecule has 1 aromatic carbocycles. The average molecular weight is 444 g/mol. The van der Waals surface area contributed by atoms with Crippen molar-refractivity contribution in [3.63, 3.8) is 0 Å². The first-order valence-corrected chi connectivity index (χ1v) is 11.4. The summed E-state index contributed by atoms with van der Waals surface area (Å²) in [4.78, 5) is 11.3. The second kappa shape index (κ2) is 9.75. The molecule has 3 rings (SSSR count). The smallest absolute Gasteiger partial charge is 0.134 e. The van der Waals surface area contributed by atoms with Gasteiger partial charge in [0.1, 0.15) is 5.82 Å². The SMILES string of the molecule is C=C/C(=C\N(C)C)c1cccc(/C(C)=N/C(NC23CC2(CN)C3)=C(C=C)/C(/C=N\C)=C/C)c1. The Labute approximate surface area is 198 Å². The zero-order chi connectivity index (χ0) is 24.2. The van der Waals surface area contributed by atoms with E-state index in [0.717, 1.165) is 52.2 Å². The van der Waals surface area contributed by atoms with Crippen LogP contribution in [0.2, 0.25) is 0 Å². The van der Waals surface area contributed by atoms with Crippen molar-refractivity contribution in [2.24, 2.45) is 21.1 Å². The molecule has 2 aliphatic rings. The number of nitrogens with one attached hydrogen (secondary N) is 1. The first-order chi connectivity index (χ1) is 15.8. The number of hydrogen-bond donors (Lipinski definition) is 2. The van der Waals surface area contributed by atoms with Gasteiger partial charge in [-0.15, -0.1) is 0 Å². The summed E-state index contributed by atoms with van der Waals surface area (Å²) in [5.74, 6) is 0.821. The molecule has 0 atom stereocenters. The van der Waals surface area contributed by atoms with Crippen molar-refractivity contribution in [2.75, 3.05) is 27.7 Å². The van der Waals surface area contributed by atoms with E-state index in [1.807, 2.05) is 57.3 Å². The summed E-state index contributed by atoms with van der Waals surface area (Å²) < 4.78 is 0. The molecule has 0 amide bonds. The van der Waals surface area contributed by atoms with Crippen LogP contribution < -0.4 is 11.1 Å². The van der Waals surface area contributed by atoms with Crippen LogP contribution in [0.25, 0.3) is 5.57 Å². The summed E-state index contributed by atoms with van der Waals surface area (Å²) in [6.45, 7) is 12.8. The number of nitrogens with zero attached hydrogens (tertiary/aromatic N) is 3. The molecule has 5 nitrogen and oxygen atoms in total. The second-order valence-electron chi connectivity index (χ2n) is 9.17. The van der Waals surface area contributed by atoms with Gasteiger partial charge in [0.05, 0.1) is 0 Å². The van der Waals surface area contributed by atoms with Gasteiger partial charge >= 0.3 is 0 Å². The molecule has 5 heteroatoms. The third-order valence-corrected chi connectivity index (χ3v) is 6.65. The number of allylic oxidation sites excluding steroid dienone is 6. The van der Waals surface area contributed by atoms with Crippen molar-refractivity contribution in [3.05, 3.63) is 89.9 Å². The lowest BCUT2D eigenvalue weighted by Crippen LogP contribution is -2.24. The molecule has 3 N–H and O–H groups in total. The van der Waals surface area contributed by atoms with Crippen LogP contribution in [0.15, 0.2) is 88.8 Å². The van der Waals surface area contributed by atoms with E-state index in [1.165, 1.54) is 0 Å². The van der Waals surface area contributed by atoms with Crippen molar-refractivity contribution < 1.29 is 0 Å². The molecule has 0 unspecified atom stereocenters. The molecule has 2 aliphatic carbocycles. The summed E-state index contributed by atoms with van der Waals surface area (Å²) >= 11 is 0. The summed E-state index contributed by atoms with van der Waals surface area (Å²) in [5, 5.41) is 3.74. The van der Waals surface area contributed by atoms with Gasteiger partial charge in [-0.05, 0) is 55.0 Å². The molecule has 0 saturated heterocycles. The first-order valence-electron chi connectivity index (χ1n) is 11.4. The van der Waals surface area contributed by atoms with Crippen molar-refractivity contribution in [2.45, 2.75) is 32.2 Å². The van der Waals surface area contributed by atoms with E-state index in [2.05, 4.69) is 53.9 Å². The number of benzene rings is 1. The maximum Gasteiger partial charge on any atom is 0.134 e. The van der Waals surface area contributed by atoms with Crippen LogP contribution in [0.4, 0.5) is 0 Å². The highest BCUT2D eigenvalue weighted by Gasteiger charge is 2.82. The predicted octanol–water partition coefficient (Wildman–Crippen LogP) is 4.71. The molecule has 2 fully saturated rings. The average Bonchev–Trinajstić information content (AvgIpc) is 3.63. The van der Waals surface area contributed by atoms with Crippen molar-refractivity contribution >= 4 is 17.5 Å². The van der Waals surface area contributed by atoms with Gasteiger partial charge in [-0.2, -0.15) is 0 Å². The Morgan fingerprint density at radius 1 is 1.21 bits per heavy atom. The lowest BCUT2D eigenvalue weighted by atomic mass is 10.0. The summed E-state index contributed by atoms with van der Waals surface area (Å²) in [6.07, 6.45) is 11.9. The monoisotopic (exact) mass is 443 g/mol. The number of hydrogen-bond acceptors (Lipinski definition) is 5. The van der Waals surface area contributed by atoms with Crippen LogP contribution >= 0.6 is 0 Å². The van der Waals surface area contributed by atoms with Crippen molar-refractivity contribution in [1.82, 2.24) is 10.2 Å². The Kier molecular flexibility index (Phi) is 7.23. The van der Waals surface area contributed by atoms with E-state index in [0.29, 0.717) is 6.54 Å². The molecule has 0 aromatic heterocycles. The van der Waals surface area contributed by atoms with Crippen LogP contribution in [0.5, 0.6) is 0 Å². The molecule has 0 aliphatic heterocycles. The molecule has 0 radical (unpaired) electrons. The first kappa shape index (κ1) is 24.5. The molecule has 33 heavy (non-hydrogen) atoms. The highest BCUT2D eigenvalue weighted by molar-refractivity contribution is 6.00. The third kappa shape index (κ3) is 4.93.